The average Bonchev–Trinajstić information content (AvgIpc) is 2.29. The van der Waals surface area contributed by atoms with Gasteiger partial charge in [-0.2, -0.15) is 0 Å². The van der Waals surface area contributed by atoms with Crippen LogP contribution in [-0.2, 0) is 0 Å². The summed E-state index contributed by atoms with van der Waals surface area (Å²) in [6.07, 6.45) is 5.58. The van der Waals surface area contributed by atoms with Gasteiger partial charge >= 0.3 is 0 Å². The highest BCUT2D eigenvalue weighted by atomic mass is 16.3. The van der Waals surface area contributed by atoms with E-state index in [9.17, 15) is 5.11 Å². The molecule has 0 fully saturated rings. The van der Waals surface area contributed by atoms with E-state index in [1.807, 2.05) is 42.5 Å². The zero-order valence-corrected chi connectivity index (χ0v) is 9.71. The first-order chi connectivity index (χ1) is 7.70. The van der Waals surface area contributed by atoms with Crippen molar-refractivity contribution in [1.82, 2.24) is 0 Å². The molecule has 0 heterocycles. The van der Waals surface area contributed by atoms with Crippen LogP contribution in [0.1, 0.15) is 37.9 Å². The first kappa shape index (κ1) is 12.9. The third-order valence-corrected chi connectivity index (χ3v) is 2.46. The van der Waals surface area contributed by atoms with Gasteiger partial charge in [-0.1, -0.05) is 42.5 Å². The standard InChI is InChI=1S/C14H20O2/c1-12(15)8-4-2-7-11-14(16)13-9-5-3-6-10-13/h2-3,5-7,9-10,12,14-16H,4,8,11H2,1H3/b7-2-/t12-,14+/m1/s1. The average molecular weight is 220 g/mol. The van der Waals surface area contributed by atoms with E-state index in [1.54, 1.807) is 6.92 Å². The number of allylic oxidation sites excluding steroid dienone is 1. The van der Waals surface area contributed by atoms with Crippen molar-refractivity contribution in [3.8, 4) is 0 Å². The van der Waals surface area contributed by atoms with Crippen molar-refractivity contribution in [2.45, 2.75) is 38.4 Å². The predicted octanol–water partition coefficient (Wildman–Crippen LogP) is 2.83. The van der Waals surface area contributed by atoms with Gasteiger partial charge in [-0.3, -0.25) is 0 Å². The van der Waals surface area contributed by atoms with Gasteiger partial charge in [0.15, 0.2) is 0 Å². The van der Waals surface area contributed by atoms with Gasteiger partial charge in [-0.25, -0.2) is 0 Å². The van der Waals surface area contributed by atoms with Crippen molar-refractivity contribution in [2.24, 2.45) is 0 Å². The quantitative estimate of drug-likeness (QED) is 0.724. The van der Waals surface area contributed by atoms with Crippen molar-refractivity contribution >= 4 is 0 Å². The van der Waals surface area contributed by atoms with Crippen molar-refractivity contribution in [3.05, 3.63) is 48.0 Å². The largest absolute Gasteiger partial charge is 0.393 e. The zero-order valence-electron chi connectivity index (χ0n) is 9.71. The predicted molar refractivity (Wildman–Crippen MR) is 66.1 cm³/mol. The molecule has 0 aliphatic carbocycles. The van der Waals surface area contributed by atoms with Gasteiger partial charge in [0.25, 0.3) is 0 Å². The zero-order chi connectivity index (χ0) is 11.8. The SMILES string of the molecule is C[C@@H](O)CC/C=C\C[C@H](O)c1ccccc1. The van der Waals surface area contributed by atoms with Gasteiger partial charge in [0.05, 0.1) is 12.2 Å². The molecule has 0 bridgehead atoms. The fourth-order valence-electron chi connectivity index (χ4n) is 1.49. The second-order valence-corrected chi connectivity index (χ2v) is 4.06. The fraction of sp³-hybridized carbons (Fsp3) is 0.429. The minimum Gasteiger partial charge on any atom is -0.393 e. The Kier molecular flexibility index (Phi) is 5.83. The molecule has 16 heavy (non-hydrogen) atoms. The van der Waals surface area contributed by atoms with Crippen LogP contribution < -0.4 is 0 Å². The smallest absolute Gasteiger partial charge is 0.0824 e. The minimum absolute atomic E-state index is 0.247. The summed E-state index contributed by atoms with van der Waals surface area (Å²) in [4.78, 5) is 0. The monoisotopic (exact) mass is 220 g/mol. The van der Waals surface area contributed by atoms with Gasteiger partial charge < -0.3 is 10.2 Å². The molecule has 1 aromatic rings. The van der Waals surface area contributed by atoms with Crippen LogP contribution in [0.25, 0.3) is 0 Å². The lowest BCUT2D eigenvalue weighted by molar-refractivity contribution is 0.181. The Bertz CT molecular complexity index is 304. The number of rotatable bonds is 6. The van der Waals surface area contributed by atoms with Crippen LogP contribution in [0.5, 0.6) is 0 Å². The second-order valence-electron chi connectivity index (χ2n) is 4.06. The van der Waals surface area contributed by atoms with Gasteiger partial charge in [-0.15, -0.1) is 0 Å². The maximum Gasteiger partial charge on any atom is 0.0824 e. The van der Waals surface area contributed by atoms with E-state index in [2.05, 4.69) is 0 Å². The highest BCUT2D eigenvalue weighted by Crippen LogP contribution is 2.16. The Hall–Kier alpha value is -1.12. The van der Waals surface area contributed by atoms with Gasteiger partial charge in [-0.05, 0) is 31.7 Å². The van der Waals surface area contributed by atoms with Crippen molar-refractivity contribution in [3.63, 3.8) is 0 Å². The summed E-state index contributed by atoms with van der Waals surface area (Å²) in [5.74, 6) is 0. The highest BCUT2D eigenvalue weighted by molar-refractivity contribution is 5.17. The first-order valence-electron chi connectivity index (χ1n) is 5.76. The summed E-state index contributed by atoms with van der Waals surface area (Å²) in [7, 11) is 0. The van der Waals surface area contributed by atoms with Gasteiger partial charge in [0.2, 0.25) is 0 Å². The third-order valence-electron chi connectivity index (χ3n) is 2.46. The lowest BCUT2D eigenvalue weighted by Gasteiger charge is -2.07. The molecule has 0 spiro atoms. The molecule has 88 valence electrons. The van der Waals surface area contributed by atoms with Crippen LogP contribution >= 0.6 is 0 Å². The summed E-state index contributed by atoms with van der Waals surface area (Å²) >= 11 is 0. The number of aliphatic hydroxyl groups excluding tert-OH is 2. The summed E-state index contributed by atoms with van der Waals surface area (Å²) in [5.41, 5.74) is 0.947. The van der Waals surface area contributed by atoms with E-state index in [4.69, 9.17) is 5.11 Å². The van der Waals surface area contributed by atoms with Crippen molar-refractivity contribution < 1.29 is 10.2 Å². The summed E-state index contributed by atoms with van der Waals surface area (Å²) in [6.45, 7) is 1.78. The van der Waals surface area contributed by atoms with Crippen LogP contribution in [0, 0.1) is 0 Å². The minimum atomic E-state index is -0.427. The van der Waals surface area contributed by atoms with E-state index >= 15 is 0 Å². The summed E-state index contributed by atoms with van der Waals surface area (Å²) < 4.78 is 0. The lowest BCUT2D eigenvalue weighted by atomic mass is 10.1. The molecule has 1 rings (SSSR count). The second kappa shape index (κ2) is 7.20. The number of aliphatic hydroxyl groups is 2. The normalized spacial score (nSPS) is 15.2. The number of benzene rings is 1. The van der Waals surface area contributed by atoms with Gasteiger partial charge in [0.1, 0.15) is 0 Å². The molecule has 0 radical (unpaired) electrons. The molecule has 1 aromatic carbocycles. The first-order valence-corrected chi connectivity index (χ1v) is 5.76. The molecule has 2 N–H and O–H groups in total. The molecule has 0 saturated heterocycles. The molecule has 2 heteroatoms. The van der Waals surface area contributed by atoms with Crippen LogP contribution in [-0.4, -0.2) is 16.3 Å². The van der Waals surface area contributed by atoms with E-state index in [0.717, 1.165) is 18.4 Å². The molecular formula is C14H20O2. The molecule has 2 nitrogen and oxygen atoms in total. The Morgan fingerprint density at radius 2 is 1.81 bits per heavy atom. The topological polar surface area (TPSA) is 40.5 Å². The van der Waals surface area contributed by atoms with Crippen molar-refractivity contribution in [1.29, 1.82) is 0 Å². The molecule has 0 amide bonds. The molecule has 0 aliphatic heterocycles. The van der Waals surface area contributed by atoms with Crippen LogP contribution in [0.4, 0.5) is 0 Å². The maximum absolute atomic E-state index is 9.83. The van der Waals surface area contributed by atoms with Gasteiger partial charge in [0, 0.05) is 0 Å². The number of hydrogen-bond acceptors (Lipinski definition) is 2. The van der Waals surface area contributed by atoms with E-state index < -0.39 is 6.10 Å². The molecular weight excluding hydrogens is 200 g/mol. The highest BCUT2D eigenvalue weighted by Gasteiger charge is 2.03. The Labute approximate surface area is 97.2 Å². The molecule has 0 aromatic heterocycles. The van der Waals surface area contributed by atoms with Crippen molar-refractivity contribution in [2.75, 3.05) is 0 Å². The molecule has 2 atom stereocenters. The van der Waals surface area contributed by atoms with E-state index in [1.165, 1.54) is 0 Å². The maximum atomic E-state index is 9.83. The molecule has 0 aliphatic rings. The Morgan fingerprint density at radius 3 is 2.44 bits per heavy atom. The summed E-state index contributed by atoms with van der Waals surface area (Å²) in [5, 5.41) is 18.9. The third kappa shape index (κ3) is 5.10. The Morgan fingerprint density at radius 1 is 1.12 bits per heavy atom. The molecule has 0 saturated carbocycles. The van der Waals surface area contributed by atoms with Crippen LogP contribution in [0.15, 0.2) is 42.5 Å². The lowest BCUT2D eigenvalue weighted by Crippen LogP contribution is -1.97. The van der Waals surface area contributed by atoms with E-state index in [-0.39, 0.29) is 6.10 Å². The summed E-state index contributed by atoms with van der Waals surface area (Å²) in [6, 6.07) is 9.64. The Balaban J connectivity index is 2.27. The molecule has 0 unspecified atom stereocenters. The van der Waals surface area contributed by atoms with E-state index in [0.29, 0.717) is 6.42 Å². The van der Waals surface area contributed by atoms with Crippen LogP contribution in [0.2, 0.25) is 0 Å². The number of hydrogen-bond donors (Lipinski definition) is 2. The van der Waals surface area contributed by atoms with Crippen LogP contribution in [0.3, 0.4) is 0 Å². The fourth-order valence-corrected chi connectivity index (χ4v) is 1.49.